The van der Waals surface area contributed by atoms with Crippen LogP contribution in [0.2, 0.25) is 0 Å². The van der Waals surface area contributed by atoms with Crippen molar-refractivity contribution in [2.45, 2.75) is 19.5 Å². The summed E-state index contributed by atoms with van der Waals surface area (Å²) in [6, 6.07) is 18.6. The number of para-hydroxylation sites is 2. The van der Waals surface area contributed by atoms with Crippen LogP contribution in [0, 0.1) is 0 Å². The van der Waals surface area contributed by atoms with Crippen LogP contribution in [0.5, 0.6) is 0 Å². The molecule has 0 aliphatic heterocycles. The molecule has 0 radical (unpaired) electrons. The number of aliphatic hydroxyl groups is 1. The third-order valence-electron chi connectivity index (χ3n) is 4.52. The summed E-state index contributed by atoms with van der Waals surface area (Å²) < 4.78 is 4.16. The van der Waals surface area contributed by atoms with Gasteiger partial charge in [-0.05, 0) is 24.6 Å². The highest BCUT2D eigenvalue weighted by atomic mass is 16.3. The number of imidazole rings is 2. The normalized spacial score (nSPS) is 12.6. The van der Waals surface area contributed by atoms with Gasteiger partial charge in [0.05, 0.1) is 23.7 Å². The van der Waals surface area contributed by atoms with Gasteiger partial charge < -0.3 is 14.2 Å². The van der Waals surface area contributed by atoms with Crippen LogP contribution in [0.25, 0.3) is 22.7 Å². The third-order valence-corrected chi connectivity index (χ3v) is 4.52. The third kappa shape index (κ3) is 2.72. The lowest BCUT2D eigenvalue weighted by Gasteiger charge is -2.18. The molecular weight excluding hydrogens is 312 g/mol. The number of benzene rings is 2. The predicted octanol–water partition coefficient (Wildman–Crippen LogP) is 3.50. The highest BCUT2D eigenvalue weighted by molar-refractivity contribution is 5.80. The van der Waals surface area contributed by atoms with E-state index in [9.17, 15) is 5.11 Å². The Labute approximate surface area is 146 Å². The molecule has 0 aliphatic rings. The minimum absolute atomic E-state index is 0.0673. The van der Waals surface area contributed by atoms with E-state index < -0.39 is 0 Å². The second kappa shape index (κ2) is 6.53. The first-order chi connectivity index (χ1) is 12.3. The Morgan fingerprint density at radius 1 is 1.00 bits per heavy atom. The molecule has 0 aliphatic carbocycles. The molecule has 1 atom stereocenters. The van der Waals surface area contributed by atoms with Crippen LogP contribution in [-0.2, 0) is 6.54 Å². The molecule has 4 rings (SSSR count). The van der Waals surface area contributed by atoms with E-state index >= 15 is 0 Å². The molecule has 0 saturated carbocycles. The van der Waals surface area contributed by atoms with Crippen molar-refractivity contribution in [3.63, 3.8) is 0 Å². The van der Waals surface area contributed by atoms with Gasteiger partial charge in [-0.3, -0.25) is 0 Å². The molecule has 2 heterocycles. The molecular formula is C20H20N4O. The summed E-state index contributed by atoms with van der Waals surface area (Å²) in [6.45, 7) is 2.74. The van der Waals surface area contributed by atoms with Crippen LogP contribution >= 0.6 is 0 Å². The first kappa shape index (κ1) is 15.6. The van der Waals surface area contributed by atoms with Crippen molar-refractivity contribution in [1.82, 2.24) is 19.1 Å². The maximum Gasteiger partial charge on any atom is 0.178 e. The molecule has 0 spiro atoms. The van der Waals surface area contributed by atoms with Crippen LogP contribution in [0.3, 0.4) is 0 Å². The average molecular weight is 332 g/mol. The molecule has 5 heteroatoms. The van der Waals surface area contributed by atoms with Gasteiger partial charge in [-0.1, -0.05) is 42.5 Å². The smallest absolute Gasteiger partial charge is 0.178 e. The van der Waals surface area contributed by atoms with E-state index in [1.807, 2.05) is 35.0 Å². The summed E-state index contributed by atoms with van der Waals surface area (Å²) in [5.41, 5.74) is 3.23. The summed E-state index contributed by atoms with van der Waals surface area (Å²) >= 11 is 0. The Morgan fingerprint density at radius 3 is 2.56 bits per heavy atom. The molecule has 25 heavy (non-hydrogen) atoms. The van der Waals surface area contributed by atoms with Gasteiger partial charge in [-0.25, -0.2) is 9.97 Å². The van der Waals surface area contributed by atoms with E-state index in [1.54, 1.807) is 6.20 Å². The van der Waals surface area contributed by atoms with E-state index in [-0.39, 0.29) is 12.6 Å². The minimum Gasteiger partial charge on any atom is -0.395 e. The Balaban J connectivity index is 1.94. The second-order valence-electron chi connectivity index (χ2n) is 6.05. The highest BCUT2D eigenvalue weighted by Gasteiger charge is 2.21. The molecule has 1 N–H and O–H groups in total. The standard InChI is InChI=1S/C20H20N4O/c1-15(16-7-3-2-4-8-16)24-18-10-6-5-9-17(18)22-20(24)19-21-11-12-23(19)13-14-25/h2-12,15,25H,13-14H2,1H3/t15-/m0/s1. The quantitative estimate of drug-likeness (QED) is 0.608. The lowest BCUT2D eigenvalue weighted by molar-refractivity contribution is 0.276. The van der Waals surface area contributed by atoms with Crippen LogP contribution < -0.4 is 0 Å². The van der Waals surface area contributed by atoms with Gasteiger partial charge in [0.2, 0.25) is 0 Å². The topological polar surface area (TPSA) is 55.9 Å². The fourth-order valence-electron chi connectivity index (χ4n) is 3.28. The largest absolute Gasteiger partial charge is 0.395 e. The van der Waals surface area contributed by atoms with Gasteiger partial charge in [0.1, 0.15) is 0 Å². The van der Waals surface area contributed by atoms with E-state index in [1.165, 1.54) is 5.56 Å². The van der Waals surface area contributed by atoms with Crippen molar-refractivity contribution in [1.29, 1.82) is 0 Å². The molecule has 0 saturated heterocycles. The maximum absolute atomic E-state index is 9.33. The van der Waals surface area contributed by atoms with Crippen molar-refractivity contribution in [2.75, 3.05) is 6.61 Å². The monoisotopic (exact) mass is 332 g/mol. The summed E-state index contributed by atoms with van der Waals surface area (Å²) in [5.74, 6) is 1.59. The van der Waals surface area contributed by atoms with Crippen molar-refractivity contribution < 1.29 is 5.11 Å². The fourth-order valence-corrected chi connectivity index (χ4v) is 3.28. The zero-order chi connectivity index (χ0) is 17.2. The van der Waals surface area contributed by atoms with Crippen LogP contribution in [0.15, 0.2) is 67.0 Å². The van der Waals surface area contributed by atoms with Crippen molar-refractivity contribution >= 4 is 11.0 Å². The van der Waals surface area contributed by atoms with Crippen LogP contribution in [-0.4, -0.2) is 30.8 Å². The number of hydrogen-bond acceptors (Lipinski definition) is 3. The summed E-state index contributed by atoms with van der Waals surface area (Å²) in [6.07, 6.45) is 3.63. The Kier molecular flexibility index (Phi) is 4.07. The number of aromatic nitrogens is 4. The SMILES string of the molecule is C[C@@H](c1ccccc1)n1c(-c2nccn2CCO)nc2ccccc21. The number of aliphatic hydroxyl groups excluding tert-OH is 1. The van der Waals surface area contributed by atoms with E-state index in [4.69, 9.17) is 4.98 Å². The first-order valence-corrected chi connectivity index (χ1v) is 8.44. The number of nitrogens with zero attached hydrogens (tertiary/aromatic N) is 4. The van der Waals surface area contributed by atoms with Gasteiger partial charge >= 0.3 is 0 Å². The van der Waals surface area contributed by atoms with Gasteiger partial charge in [0.15, 0.2) is 11.6 Å². The molecule has 0 fully saturated rings. The molecule has 126 valence electrons. The zero-order valence-corrected chi connectivity index (χ0v) is 14.1. The van der Waals surface area contributed by atoms with E-state index in [2.05, 4.69) is 46.8 Å². The predicted molar refractivity (Wildman–Crippen MR) is 98.3 cm³/mol. The summed E-state index contributed by atoms with van der Waals surface area (Å²) in [5, 5.41) is 9.33. The molecule has 0 amide bonds. The minimum atomic E-state index is 0.0673. The molecule has 2 aromatic carbocycles. The fraction of sp³-hybridized carbons (Fsp3) is 0.200. The molecule has 2 aromatic heterocycles. The van der Waals surface area contributed by atoms with Gasteiger partial charge in [0.25, 0.3) is 0 Å². The average Bonchev–Trinajstić information content (AvgIpc) is 3.26. The summed E-state index contributed by atoms with van der Waals surface area (Å²) in [7, 11) is 0. The van der Waals surface area contributed by atoms with Crippen molar-refractivity contribution in [3.05, 3.63) is 72.6 Å². The zero-order valence-electron chi connectivity index (χ0n) is 14.1. The van der Waals surface area contributed by atoms with E-state index in [0.29, 0.717) is 6.54 Å². The lowest BCUT2D eigenvalue weighted by Crippen LogP contribution is -2.11. The molecule has 4 aromatic rings. The van der Waals surface area contributed by atoms with Crippen LogP contribution in [0.4, 0.5) is 0 Å². The van der Waals surface area contributed by atoms with Crippen molar-refractivity contribution in [3.8, 4) is 11.6 Å². The second-order valence-corrected chi connectivity index (χ2v) is 6.05. The number of rotatable bonds is 5. The lowest BCUT2D eigenvalue weighted by atomic mass is 10.1. The Hall–Kier alpha value is -2.92. The van der Waals surface area contributed by atoms with E-state index in [0.717, 1.165) is 22.7 Å². The highest BCUT2D eigenvalue weighted by Crippen LogP contribution is 2.30. The number of hydrogen-bond donors (Lipinski definition) is 1. The Morgan fingerprint density at radius 2 is 1.76 bits per heavy atom. The maximum atomic E-state index is 9.33. The molecule has 0 bridgehead atoms. The van der Waals surface area contributed by atoms with Crippen LogP contribution in [0.1, 0.15) is 18.5 Å². The molecule has 0 unspecified atom stereocenters. The van der Waals surface area contributed by atoms with Gasteiger partial charge in [-0.15, -0.1) is 0 Å². The van der Waals surface area contributed by atoms with Gasteiger partial charge in [0, 0.05) is 18.9 Å². The van der Waals surface area contributed by atoms with Gasteiger partial charge in [-0.2, -0.15) is 0 Å². The Bertz CT molecular complexity index is 987. The number of fused-ring (bicyclic) bond motifs is 1. The first-order valence-electron chi connectivity index (χ1n) is 8.44. The molecule has 5 nitrogen and oxygen atoms in total. The summed E-state index contributed by atoms with van der Waals surface area (Å²) in [4.78, 5) is 9.35. The van der Waals surface area contributed by atoms with Crippen molar-refractivity contribution in [2.24, 2.45) is 0 Å².